The number of pyridine rings is 1. The van der Waals surface area contributed by atoms with Crippen LogP contribution in [-0.2, 0) is 6.42 Å². The summed E-state index contributed by atoms with van der Waals surface area (Å²) in [7, 11) is 0. The number of nitrogens with zero attached hydrogens (tertiary/aromatic N) is 2. The first kappa shape index (κ1) is 12.2. The van der Waals surface area contributed by atoms with Crippen LogP contribution in [0, 0.1) is 0 Å². The van der Waals surface area contributed by atoms with Gasteiger partial charge in [0.25, 0.3) is 0 Å². The van der Waals surface area contributed by atoms with E-state index in [-0.39, 0.29) is 0 Å². The van der Waals surface area contributed by atoms with Gasteiger partial charge in [-0.15, -0.1) is 0 Å². The Morgan fingerprint density at radius 3 is 2.95 bits per heavy atom. The molecule has 0 saturated carbocycles. The van der Waals surface area contributed by atoms with E-state index in [0.29, 0.717) is 6.54 Å². The van der Waals surface area contributed by atoms with Gasteiger partial charge in [0.05, 0.1) is 6.10 Å². The second-order valence-corrected chi connectivity index (χ2v) is 4.98. The molecule has 0 spiro atoms. The highest BCUT2D eigenvalue weighted by molar-refractivity contribution is 5.55. The van der Waals surface area contributed by atoms with E-state index in [1.54, 1.807) is 12.4 Å². The van der Waals surface area contributed by atoms with Crippen LogP contribution >= 0.6 is 0 Å². The predicted molar refractivity (Wildman–Crippen MR) is 76.2 cm³/mol. The van der Waals surface area contributed by atoms with E-state index in [2.05, 4.69) is 34.1 Å². The number of aryl methyl sites for hydroxylation is 1. The molecule has 1 aliphatic heterocycles. The van der Waals surface area contributed by atoms with Gasteiger partial charge in [0, 0.05) is 36.7 Å². The maximum Gasteiger partial charge on any atom is 0.0979 e. The van der Waals surface area contributed by atoms with Gasteiger partial charge in [-0.1, -0.05) is 24.3 Å². The van der Waals surface area contributed by atoms with Crippen molar-refractivity contribution < 1.29 is 5.11 Å². The Labute approximate surface area is 113 Å². The zero-order valence-corrected chi connectivity index (χ0v) is 10.9. The van der Waals surface area contributed by atoms with Crippen molar-refractivity contribution in [2.45, 2.75) is 18.9 Å². The number of benzene rings is 1. The Balaban J connectivity index is 1.78. The number of aliphatic hydroxyl groups is 1. The van der Waals surface area contributed by atoms with Crippen molar-refractivity contribution in [2.24, 2.45) is 0 Å². The molecule has 0 saturated heterocycles. The molecule has 3 heteroatoms. The van der Waals surface area contributed by atoms with E-state index < -0.39 is 6.10 Å². The van der Waals surface area contributed by atoms with Crippen LogP contribution in [0.25, 0.3) is 0 Å². The van der Waals surface area contributed by atoms with Crippen LogP contribution in [0.4, 0.5) is 5.69 Å². The average molecular weight is 254 g/mol. The average Bonchev–Trinajstić information content (AvgIpc) is 2.48. The fourth-order valence-electron chi connectivity index (χ4n) is 2.69. The van der Waals surface area contributed by atoms with E-state index >= 15 is 0 Å². The van der Waals surface area contributed by atoms with Crippen LogP contribution in [0.5, 0.6) is 0 Å². The van der Waals surface area contributed by atoms with E-state index in [0.717, 1.165) is 24.9 Å². The summed E-state index contributed by atoms with van der Waals surface area (Å²) in [4.78, 5) is 6.34. The Morgan fingerprint density at radius 1 is 1.21 bits per heavy atom. The third-order valence-corrected chi connectivity index (χ3v) is 3.67. The van der Waals surface area contributed by atoms with Gasteiger partial charge < -0.3 is 10.0 Å². The van der Waals surface area contributed by atoms with Crippen molar-refractivity contribution in [2.75, 3.05) is 18.0 Å². The highest BCUT2D eigenvalue weighted by Crippen LogP contribution is 2.28. The summed E-state index contributed by atoms with van der Waals surface area (Å²) >= 11 is 0. The van der Waals surface area contributed by atoms with Crippen LogP contribution in [0.3, 0.4) is 0 Å². The molecular formula is C16H18N2O. The van der Waals surface area contributed by atoms with Crippen LogP contribution in [-0.4, -0.2) is 23.2 Å². The van der Waals surface area contributed by atoms with Gasteiger partial charge in [0.2, 0.25) is 0 Å². The number of para-hydroxylation sites is 1. The largest absolute Gasteiger partial charge is 0.387 e. The predicted octanol–water partition coefficient (Wildman–Crippen LogP) is 2.57. The molecule has 0 radical (unpaired) electrons. The fourth-order valence-corrected chi connectivity index (χ4v) is 2.69. The lowest BCUT2D eigenvalue weighted by molar-refractivity contribution is 0.182. The molecule has 0 fully saturated rings. The lowest BCUT2D eigenvalue weighted by Crippen LogP contribution is -2.33. The third kappa shape index (κ3) is 2.61. The SMILES string of the molecule is OC(CN1CCCc2ccccc21)c1cccnc1. The van der Waals surface area contributed by atoms with Gasteiger partial charge in [0.15, 0.2) is 0 Å². The highest BCUT2D eigenvalue weighted by Gasteiger charge is 2.19. The molecule has 0 bridgehead atoms. The zero-order chi connectivity index (χ0) is 13.1. The van der Waals surface area contributed by atoms with Gasteiger partial charge in [-0.3, -0.25) is 4.98 Å². The molecular weight excluding hydrogens is 236 g/mol. The molecule has 19 heavy (non-hydrogen) atoms. The molecule has 1 N–H and O–H groups in total. The lowest BCUT2D eigenvalue weighted by atomic mass is 10.0. The molecule has 0 aliphatic carbocycles. The van der Waals surface area contributed by atoms with Crippen molar-refractivity contribution >= 4 is 5.69 Å². The summed E-state index contributed by atoms with van der Waals surface area (Å²) in [5.41, 5.74) is 3.52. The van der Waals surface area contributed by atoms with Gasteiger partial charge in [-0.05, 0) is 30.5 Å². The van der Waals surface area contributed by atoms with Crippen molar-refractivity contribution in [3.8, 4) is 0 Å². The molecule has 1 aromatic heterocycles. The second kappa shape index (κ2) is 5.41. The van der Waals surface area contributed by atoms with Crippen LogP contribution in [0.1, 0.15) is 23.7 Å². The quantitative estimate of drug-likeness (QED) is 0.914. The van der Waals surface area contributed by atoms with Crippen molar-refractivity contribution in [1.29, 1.82) is 0 Å². The van der Waals surface area contributed by atoms with Gasteiger partial charge in [-0.25, -0.2) is 0 Å². The Hall–Kier alpha value is -1.87. The van der Waals surface area contributed by atoms with Crippen LogP contribution in [0.2, 0.25) is 0 Å². The first-order valence-electron chi connectivity index (χ1n) is 6.75. The monoisotopic (exact) mass is 254 g/mol. The summed E-state index contributed by atoms with van der Waals surface area (Å²) in [6.45, 7) is 1.64. The van der Waals surface area contributed by atoms with Gasteiger partial charge in [-0.2, -0.15) is 0 Å². The molecule has 1 aromatic carbocycles. The molecule has 0 amide bonds. The standard InChI is InChI=1S/C16H18N2O/c19-16(14-6-3-9-17-11-14)12-18-10-4-7-13-5-1-2-8-15(13)18/h1-3,5-6,8-9,11,16,19H,4,7,10,12H2. The van der Waals surface area contributed by atoms with E-state index in [4.69, 9.17) is 0 Å². The first-order valence-corrected chi connectivity index (χ1v) is 6.75. The topological polar surface area (TPSA) is 36.4 Å². The van der Waals surface area contributed by atoms with Crippen molar-refractivity contribution in [1.82, 2.24) is 4.98 Å². The molecule has 3 nitrogen and oxygen atoms in total. The Kier molecular flexibility index (Phi) is 3.47. The number of rotatable bonds is 3. The number of hydrogen-bond acceptors (Lipinski definition) is 3. The minimum atomic E-state index is -0.486. The molecule has 3 rings (SSSR count). The number of anilines is 1. The van der Waals surface area contributed by atoms with Crippen LogP contribution in [0.15, 0.2) is 48.8 Å². The summed E-state index contributed by atoms with van der Waals surface area (Å²) in [6, 6.07) is 12.3. The molecule has 1 atom stereocenters. The number of aliphatic hydroxyl groups excluding tert-OH is 1. The molecule has 2 heterocycles. The smallest absolute Gasteiger partial charge is 0.0979 e. The maximum absolute atomic E-state index is 10.3. The summed E-state index contributed by atoms with van der Waals surface area (Å²) in [5, 5.41) is 10.3. The molecule has 98 valence electrons. The Morgan fingerprint density at radius 2 is 2.11 bits per heavy atom. The highest BCUT2D eigenvalue weighted by atomic mass is 16.3. The molecule has 1 aliphatic rings. The summed E-state index contributed by atoms with van der Waals surface area (Å²) < 4.78 is 0. The molecule has 1 unspecified atom stereocenters. The van der Waals surface area contributed by atoms with E-state index in [9.17, 15) is 5.11 Å². The van der Waals surface area contributed by atoms with Crippen molar-refractivity contribution in [3.05, 3.63) is 59.9 Å². The Bertz CT molecular complexity index is 541. The normalized spacial score (nSPS) is 15.9. The van der Waals surface area contributed by atoms with E-state index in [1.165, 1.54) is 11.3 Å². The maximum atomic E-state index is 10.3. The van der Waals surface area contributed by atoms with Crippen LogP contribution < -0.4 is 4.90 Å². The second-order valence-electron chi connectivity index (χ2n) is 4.98. The number of β-amino-alcohol motifs (C(OH)–C–C–N with tert-alkyl or cyclic N) is 1. The number of fused-ring (bicyclic) bond motifs is 1. The number of hydrogen-bond donors (Lipinski definition) is 1. The summed E-state index contributed by atoms with van der Waals surface area (Å²) in [5.74, 6) is 0. The van der Waals surface area contributed by atoms with Gasteiger partial charge in [0.1, 0.15) is 0 Å². The fraction of sp³-hybridized carbons (Fsp3) is 0.312. The van der Waals surface area contributed by atoms with Crippen molar-refractivity contribution in [3.63, 3.8) is 0 Å². The minimum absolute atomic E-state index is 0.486. The van der Waals surface area contributed by atoms with E-state index in [1.807, 2.05) is 12.1 Å². The minimum Gasteiger partial charge on any atom is -0.387 e. The first-order chi connectivity index (χ1) is 9.34. The number of aromatic nitrogens is 1. The molecule has 2 aromatic rings. The third-order valence-electron chi connectivity index (χ3n) is 3.67. The van der Waals surface area contributed by atoms with Gasteiger partial charge >= 0.3 is 0 Å². The summed E-state index contributed by atoms with van der Waals surface area (Å²) in [6.07, 6.45) is 5.26. The zero-order valence-electron chi connectivity index (χ0n) is 10.9. The lowest BCUT2D eigenvalue weighted by Gasteiger charge is -2.32.